The molecular formula is C21H25N3O6. The number of benzene rings is 2. The van der Waals surface area contributed by atoms with Crippen LogP contribution in [0.5, 0.6) is 0 Å². The van der Waals surface area contributed by atoms with Gasteiger partial charge >= 0.3 is 6.09 Å². The number of carbonyl (C=O) groups excluding carboxylic acids is 3. The molecule has 0 aliphatic carbocycles. The van der Waals surface area contributed by atoms with Crippen molar-refractivity contribution in [2.75, 3.05) is 6.54 Å². The fraction of sp³-hybridized carbons (Fsp3) is 0.381. The third-order valence-corrected chi connectivity index (χ3v) is 4.62. The number of carbonyl (C=O) groups is 3. The molecule has 0 aliphatic rings. The van der Waals surface area contributed by atoms with Crippen molar-refractivity contribution in [1.29, 1.82) is 0 Å². The highest BCUT2D eigenvalue weighted by Gasteiger charge is 2.29. The highest BCUT2D eigenvalue weighted by atomic mass is 16.6. The molecular weight excluding hydrogens is 390 g/mol. The van der Waals surface area contributed by atoms with Crippen LogP contribution in [0.15, 0.2) is 42.5 Å². The second kappa shape index (κ2) is 10.9. The number of nitro groups is 1. The van der Waals surface area contributed by atoms with Crippen LogP contribution >= 0.6 is 0 Å². The first-order valence-electron chi connectivity index (χ1n) is 9.68. The summed E-state index contributed by atoms with van der Waals surface area (Å²) in [6.45, 7) is 1.01. The predicted molar refractivity (Wildman–Crippen MR) is 110 cm³/mol. The molecule has 2 aromatic rings. The summed E-state index contributed by atoms with van der Waals surface area (Å²) in [4.78, 5) is 46.2. The van der Waals surface area contributed by atoms with Gasteiger partial charge in [0.2, 0.25) is 5.78 Å². The van der Waals surface area contributed by atoms with Crippen LogP contribution in [0.3, 0.4) is 0 Å². The van der Waals surface area contributed by atoms with E-state index in [2.05, 4.69) is 5.32 Å². The van der Waals surface area contributed by atoms with Gasteiger partial charge in [-0.2, -0.15) is 0 Å². The van der Waals surface area contributed by atoms with E-state index in [0.717, 1.165) is 22.8 Å². The summed E-state index contributed by atoms with van der Waals surface area (Å²) < 4.78 is 4.98. The molecule has 2 unspecified atom stereocenters. The number of Topliss-reactive ketones (excluding diaryl/α,β-unsaturated/α-hetero) is 1. The summed E-state index contributed by atoms with van der Waals surface area (Å²) >= 11 is 0. The normalized spacial score (nSPS) is 12.7. The van der Waals surface area contributed by atoms with Crippen molar-refractivity contribution < 1.29 is 24.0 Å². The Bertz CT molecular complexity index is 930. The minimum Gasteiger partial charge on any atom is -0.436 e. The number of hydrogen-bond acceptors (Lipinski definition) is 6. The molecule has 0 saturated heterocycles. The minimum atomic E-state index is -1.27. The summed E-state index contributed by atoms with van der Waals surface area (Å²) in [5.74, 6) is -1.43. The second-order valence-electron chi connectivity index (χ2n) is 6.97. The Labute approximate surface area is 173 Å². The number of hydrogen-bond donors (Lipinski definition) is 2. The van der Waals surface area contributed by atoms with E-state index in [1.54, 1.807) is 6.07 Å². The van der Waals surface area contributed by atoms with Crippen LogP contribution in [0.1, 0.15) is 31.7 Å². The maximum atomic E-state index is 12.7. The van der Waals surface area contributed by atoms with Gasteiger partial charge in [0.1, 0.15) is 0 Å². The van der Waals surface area contributed by atoms with Crippen LogP contribution in [0.4, 0.5) is 4.79 Å². The molecule has 0 aromatic heterocycles. The molecule has 2 aromatic carbocycles. The van der Waals surface area contributed by atoms with E-state index in [1.807, 2.05) is 43.3 Å². The van der Waals surface area contributed by atoms with E-state index in [0.29, 0.717) is 6.42 Å². The number of amides is 2. The zero-order valence-corrected chi connectivity index (χ0v) is 16.7. The Kier molecular flexibility index (Phi) is 8.28. The fourth-order valence-electron chi connectivity index (χ4n) is 3.13. The summed E-state index contributed by atoms with van der Waals surface area (Å²) in [7, 11) is 0. The van der Waals surface area contributed by atoms with Crippen molar-refractivity contribution in [2.24, 2.45) is 5.73 Å². The molecule has 160 valence electrons. The highest BCUT2D eigenvalue weighted by Crippen LogP contribution is 2.17. The standard InChI is InChI=1S/C21H25N3O6/c1-2-3-8-17(18(25)13-24(28)29)23-20(26)19(30-21(22)27)12-14-9-10-15-6-4-5-7-16(15)11-14/h4-7,9-11,17,19H,2-3,8,12-13H2,1H3,(H2,22,27)(H,23,26). The van der Waals surface area contributed by atoms with E-state index in [1.165, 1.54) is 0 Å². The van der Waals surface area contributed by atoms with Gasteiger partial charge in [-0.1, -0.05) is 62.2 Å². The van der Waals surface area contributed by atoms with Gasteiger partial charge in [0.15, 0.2) is 6.10 Å². The van der Waals surface area contributed by atoms with Crippen LogP contribution in [0.2, 0.25) is 0 Å². The fourth-order valence-corrected chi connectivity index (χ4v) is 3.13. The average Bonchev–Trinajstić information content (AvgIpc) is 2.69. The Morgan fingerprint density at radius 1 is 1.17 bits per heavy atom. The number of rotatable bonds is 11. The zero-order valence-electron chi connectivity index (χ0n) is 16.7. The Hall–Kier alpha value is -3.49. The van der Waals surface area contributed by atoms with Crippen molar-refractivity contribution in [3.8, 4) is 0 Å². The molecule has 0 radical (unpaired) electrons. The molecule has 9 heteroatoms. The lowest BCUT2D eigenvalue weighted by atomic mass is 10.0. The van der Waals surface area contributed by atoms with Gasteiger partial charge in [0.25, 0.3) is 12.5 Å². The first-order chi connectivity index (χ1) is 14.3. The van der Waals surface area contributed by atoms with Gasteiger partial charge in [0, 0.05) is 11.3 Å². The van der Waals surface area contributed by atoms with Crippen LogP contribution in [-0.2, 0) is 20.7 Å². The van der Waals surface area contributed by atoms with Crippen molar-refractivity contribution >= 4 is 28.6 Å². The van der Waals surface area contributed by atoms with Crippen molar-refractivity contribution in [1.82, 2.24) is 5.32 Å². The van der Waals surface area contributed by atoms with Gasteiger partial charge in [-0.15, -0.1) is 0 Å². The summed E-state index contributed by atoms with van der Waals surface area (Å²) in [5.41, 5.74) is 5.85. The van der Waals surface area contributed by atoms with Crippen LogP contribution in [0.25, 0.3) is 10.8 Å². The number of fused-ring (bicyclic) bond motifs is 1. The number of nitrogens with zero attached hydrogens (tertiary/aromatic N) is 1. The molecule has 2 rings (SSSR count). The largest absolute Gasteiger partial charge is 0.436 e. The van der Waals surface area contributed by atoms with Gasteiger partial charge in [-0.3, -0.25) is 19.7 Å². The van der Waals surface area contributed by atoms with Gasteiger partial charge in [-0.25, -0.2) is 4.79 Å². The lowest BCUT2D eigenvalue weighted by molar-refractivity contribution is -0.467. The molecule has 0 fully saturated rings. The second-order valence-corrected chi connectivity index (χ2v) is 6.97. The maximum Gasteiger partial charge on any atom is 0.405 e. The number of ketones is 1. The van der Waals surface area contributed by atoms with Crippen LogP contribution in [0, 0.1) is 10.1 Å². The van der Waals surface area contributed by atoms with E-state index < -0.39 is 41.4 Å². The number of primary amides is 1. The van der Waals surface area contributed by atoms with Gasteiger partial charge < -0.3 is 15.8 Å². The number of nitrogens with one attached hydrogen (secondary N) is 1. The first kappa shape index (κ1) is 22.8. The third-order valence-electron chi connectivity index (χ3n) is 4.62. The molecule has 30 heavy (non-hydrogen) atoms. The van der Waals surface area contributed by atoms with Gasteiger partial charge in [-0.05, 0) is 22.8 Å². The predicted octanol–water partition coefficient (Wildman–Crippen LogP) is 2.37. The zero-order chi connectivity index (χ0) is 22.1. The van der Waals surface area contributed by atoms with E-state index in [9.17, 15) is 24.5 Å². The Morgan fingerprint density at radius 3 is 2.50 bits per heavy atom. The van der Waals surface area contributed by atoms with Crippen LogP contribution < -0.4 is 11.1 Å². The molecule has 0 spiro atoms. The molecule has 0 aliphatic heterocycles. The SMILES string of the molecule is CCCCC(NC(=O)C(Cc1ccc2ccccc2c1)OC(N)=O)C(=O)C[N+](=O)[O-]. The Morgan fingerprint density at radius 2 is 1.87 bits per heavy atom. The maximum absolute atomic E-state index is 12.7. The van der Waals surface area contributed by atoms with E-state index in [-0.39, 0.29) is 12.8 Å². The summed E-state index contributed by atoms with van der Waals surface area (Å²) in [6.07, 6.45) is -0.747. The quantitative estimate of drug-likeness (QED) is 0.426. The van der Waals surface area contributed by atoms with Crippen molar-refractivity contribution in [2.45, 2.75) is 44.8 Å². The molecule has 0 bridgehead atoms. The first-order valence-corrected chi connectivity index (χ1v) is 9.68. The molecule has 2 amide bonds. The smallest absolute Gasteiger partial charge is 0.405 e. The molecule has 0 heterocycles. The molecule has 3 N–H and O–H groups in total. The molecule has 2 atom stereocenters. The highest BCUT2D eigenvalue weighted by molar-refractivity contribution is 5.92. The monoisotopic (exact) mass is 415 g/mol. The Balaban J connectivity index is 2.18. The van der Waals surface area contributed by atoms with Crippen molar-refractivity contribution in [3.63, 3.8) is 0 Å². The van der Waals surface area contributed by atoms with Crippen LogP contribution in [-0.4, -0.2) is 41.4 Å². The lowest BCUT2D eigenvalue weighted by Crippen LogP contribution is -2.49. The summed E-state index contributed by atoms with van der Waals surface area (Å²) in [5, 5.41) is 15.2. The number of nitrogens with two attached hydrogens (primary N) is 1. The average molecular weight is 415 g/mol. The minimum absolute atomic E-state index is 0.0452. The third kappa shape index (κ3) is 6.84. The van der Waals surface area contributed by atoms with Crippen molar-refractivity contribution in [3.05, 3.63) is 58.1 Å². The lowest BCUT2D eigenvalue weighted by Gasteiger charge is -2.21. The van der Waals surface area contributed by atoms with Gasteiger partial charge in [0.05, 0.1) is 6.04 Å². The molecule has 0 saturated carbocycles. The molecule has 9 nitrogen and oxygen atoms in total. The number of unbranched alkanes of at least 4 members (excludes halogenated alkanes) is 1. The van der Waals surface area contributed by atoms with E-state index >= 15 is 0 Å². The topological polar surface area (TPSA) is 142 Å². The van der Waals surface area contributed by atoms with E-state index in [4.69, 9.17) is 10.5 Å². The number of ether oxygens (including phenoxy) is 1. The summed E-state index contributed by atoms with van der Waals surface area (Å²) in [6, 6.07) is 12.2.